The maximum atomic E-state index is 6.17. The van der Waals surface area contributed by atoms with E-state index in [2.05, 4.69) is 453 Å². The molecule has 0 unspecified atom stereocenters. The number of para-hydroxylation sites is 13. The minimum absolute atomic E-state index is 0. The van der Waals surface area contributed by atoms with Gasteiger partial charge in [0.25, 0.3) is 0 Å². The highest BCUT2D eigenvalue weighted by molar-refractivity contribution is 7.26. The molecule has 0 fully saturated rings. The number of nitrogens with zero attached hydrogens (tertiary/aromatic N) is 7. The summed E-state index contributed by atoms with van der Waals surface area (Å²) in [5.74, 6) is 0. The van der Waals surface area contributed by atoms with Gasteiger partial charge in [0.05, 0.1) is 66.1 Å². The van der Waals surface area contributed by atoms with Crippen LogP contribution in [0.2, 0.25) is 0 Å². The number of aromatic nitrogens is 7. The first-order valence-electron chi connectivity index (χ1n) is 43.3. The number of hydrogen-bond acceptors (Lipinski definition) is 3. The molecular weight excluding hydrogens is 1630 g/mol. The highest BCUT2D eigenvalue weighted by atomic mass is 32.1. The molecule has 0 N–H and O–H groups in total. The van der Waals surface area contributed by atoms with Gasteiger partial charge in [0, 0.05) is 172 Å². The van der Waals surface area contributed by atoms with Gasteiger partial charge in [-0.3, -0.25) is 0 Å². The average Bonchev–Trinajstić information content (AvgIpc) is 1.53. The summed E-state index contributed by atoms with van der Waals surface area (Å²) in [6, 6.07) is 151. The SMILES string of the molecule is C.C.C.C.C.Cn1c2ccccc2c2c1ccc1c3ccccc3n(-c3ccccc3)c12.Cn1c2ccccc2c2c3oc4ccccc4c3ccc21.Cn1c2ccccc2c2c3sc4ccccc4c3ccc21.c1ccc(-n2c3ccccc3c3c4c(ccc32)oc2ccccc24)cc1.c1ccc(-n2c3ccccc3c3c4c5ccccc5n(-c5ccccc5)c4ccc32)cc1. The van der Waals surface area contributed by atoms with Gasteiger partial charge in [-0.1, -0.05) is 304 Å². The van der Waals surface area contributed by atoms with Crippen molar-refractivity contribution in [2.45, 2.75) is 37.1 Å². The topological polar surface area (TPSA) is 60.8 Å². The number of aryl methyl sites for hydroxylation is 3. The zero-order valence-corrected chi connectivity index (χ0v) is 70.6. The number of hydrogen-bond donors (Lipinski definition) is 0. The summed E-state index contributed by atoms with van der Waals surface area (Å²) in [5, 5.41) is 25.6. The molecule has 0 atom stereocenters. The van der Waals surface area contributed by atoms with Gasteiger partial charge in [0.15, 0.2) is 0 Å². The molecule has 640 valence electrons. The van der Waals surface area contributed by atoms with E-state index in [1.165, 1.54) is 217 Å². The van der Waals surface area contributed by atoms with E-state index in [1.54, 1.807) is 0 Å². The number of rotatable bonds is 4. The normalized spacial score (nSPS) is 11.4. The van der Waals surface area contributed by atoms with Crippen LogP contribution in [0.25, 0.3) is 239 Å². The second kappa shape index (κ2) is 33.7. The molecule has 29 aromatic rings. The molecule has 9 nitrogen and oxygen atoms in total. The predicted molar refractivity (Wildman–Crippen MR) is 573 cm³/mol. The van der Waals surface area contributed by atoms with Gasteiger partial charge in [0.1, 0.15) is 22.3 Å². The summed E-state index contributed by atoms with van der Waals surface area (Å²) in [6.45, 7) is 0. The molecular formula is C122H99N7O2S. The lowest BCUT2D eigenvalue weighted by Gasteiger charge is -2.09. The lowest BCUT2D eigenvalue weighted by molar-refractivity contribution is 0.669. The lowest BCUT2D eigenvalue weighted by atomic mass is 10.1. The van der Waals surface area contributed by atoms with E-state index in [-0.39, 0.29) is 37.1 Å². The molecule has 10 aromatic heterocycles. The molecule has 0 aliphatic rings. The van der Waals surface area contributed by atoms with Crippen LogP contribution in [0.15, 0.2) is 433 Å². The van der Waals surface area contributed by atoms with Crippen LogP contribution in [0.5, 0.6) is 0 Å². The van der Waals surface area contributed by atoms with Crippen LogP contribution in [-0.2, 0) is 21.1 Å². The first kappa shape index (κ1) is 83.8. The highest BCUT2D eigenvalue weighted by Crippen LogP contribution is 2.48. The van der Waals surface area contributed by atoms with Gasteiger partial charge >= 0.3 is 0 Å². The summed E-state index contributed by atoms with van der Waals surface area (Å²) in [6.07, 6.45) is 0. The maximum absolute atomic E-state index is 6.17. The number of thiophene rings is 1. The maximum Gasteiger partial charge on any atom is 0.145 e. The second-order valence-electron chi connectivity index (χ2n) is 33.0. The van der Waals surface area contributed by atoms with Crippen molar-refractivity contribution in [1.82, 2.24) is 32.0 Å². The molecule has 0 bridgehead atoms. The minimum Gasteiger partial charge on any atom is -0.456 e. The monoisotopic (exact) mass is 1730 g/mol. The van der Waals surface area contributed by atoms with Crippen LogP contribution >= 0.6 is 11.3 Å². The lowest BCUT2D eigenvalue weighted by Crippen LogP contribution is -1.94. The Kier molecular flexibility index (Phi) is 21.4. The molecule has 10 heteroatoms. The third kappa shape index (κ3) is 12.9. The fraction of sp³-hybridized carbons (Fsp3) is 0.0656. The van der Waals surface area contributed by atoms with Crippen molar-refractivity contribution in [3.8, 4) is 22.7 Å². The van der Waals surface area contributed by atoms with Crippen molar-refractivity contribution in [2.75, 3.05) is 0 Å². The van der Waals surface area contributed by atoms with Crippen molar-refractivity contribution in [2.24, 2.45) is 21.1 Å². The largest absolute Gasteiger partial charge is 0.456 e. The number of fused-ring (bicyclic) bond motifs is 35. The van der Waals surface area contributed by atoms with Crippen molar-refractivity contribution < 1.29 is 8.83 Å². The minimum atomic E-state index is 0. The highest BCUT2D eigenvalue weighted by Gasteiger charge is 2.25. The first-order chi connectivity index (χ1) is 62.9. The zero-order valence-electron chi connectivity index (χ0n) is 69.8. The van der Waals surface area contributed by atoms with E-state index in [4.69, 9.17) is 8.83 Å². The summed E-state index contributed by atoms with van der Waals surface area (Å²) in [5.41, 5.74) is 26.1. The summed E-state index contributed by atoms with van der Waals surface area (Å²) < 4.78 is 31.4. The van der Waals surface area contributed by atoms with E-state index in [1.807, 2.05) is 35.6 Å². The quantitative estimate of drug-likeness (QED) is 0.176. The molecule has 0 saturated carbocycles. The molecule has 0 aliphatic heterocycles. The predicted octanol–water partition coefficient (Wildman–Crippen LogP) is 35.1. The molecule has 0 radical (unpaired) electrons. The van der Waals surface area contributed by atoms with Gasteiger partial charge in [-0.2, -0.15) is 0 Å². The molecule has 132 heavy (non-hydrogen) atoms. The van der Waals surface area contributed by atoms with Crippen LogP contribution in [0.4, 0.5) is 0 Å². The van der Waals surface area contributed by atoms with Gasteiger partial charge in [-0.05, 0) is 158 Å². The van der Waals surface area contributed by atoms with Crippen molar-refractivity contribution in [1.29, 1.82) is 0 Å². The summed E-state index contributed by atoms with van der Waals surface area (Å²) in [7, 11) is 6.43. The second-order valence-corrected chi connectivity index (χ2v) is 34.0. The number of furan rings is 2. The van der Waals surface area contributed by atoms with Crippen LogP contribution in [0, 0.1) is 0 Å². The van der Waals surface area contributed by atoms with Crippen LogP contribution in [0.1, 0.15) is 37.1 Å². The van der Waals surface area contributed by atoms with Crippen molar-refractivity contribution >= 4 is 228 Å². The molecule has 0 aliphatic carbocycles. The van der Waals surface area contributed by atoms with Crippen LogP contribution in [0.3, 0.4) is 0 Å². The van der Waals surface area contributed by atoms with E-state index in [9.17, 15) is 0 Å². The molecule has 0 spiro atoms. The summed E-state index contributed by atoms with van der Waals surface area (Å²) in [4.78, 5) is 0. The standard InChI is InChI=1S/C30H20N2.C25H18N2.C24H15NO.C19H13NO.C19H13NS.5CH4/c1-3-11-21(12-4-1)31-25-17-9-7-15-23(25)29-27(31)19-20-28-30(29)24-16-8-10-18-26(24)32(28)22-13-5-2-6-14-22;1-26-21-13-7-6-12-20(21)24-23(26)16-15-19-18-11-5-8-14-22(18)27(25(19)24)17-9-3-2-4-10-17;1-2-8-16(9-3-1)25-19-12-6-4-10-17(19)23-20(25)14-15-22-24(23)18-11-5-7-13-21(18)26-22;2*1-20-15-8-4-2-7-14(15)18-16(20)11-10-13-12-6-3-5-9-17(12)21-19(13)18;;;;;/h1-20H;2-16H,1H3;1-15H;2*2-11H,1H3;5*1H4. The average molecular weight is 1730 g/mol. The molecule has 10 heterocycles. The fourth-order valence-electron chi connectivity index (χ4n) is 20.8. The van der Waals surface area contributed by atoms with E-state index in [0.29, 0.717) is 0 Å². The Labute approximate surface area is 769 Å². The Morgan fingerprint density at radius 3 is 0.947 bits per heavy atom. The smallest absolute Gasteiger partial charge is 0.145 e. The Morgan fingerprint density at radius 1 is 0.174 bits per heavy atom. The molecule has 0 amide bonds. The molecule has 0 saturated heterocycles. The van der Waals surface area contributed by atoms with Crippen LogP contribution < -0.4 is 0 Å². The zero-order chi connectivity index (χ0) is 84.1. The van der Waals surface area contributed by atoms with E-state index >= 15 is 0 Å². The fourth-order valence-corrected chi connectivity index (χ4v) is 22.0. The van der Waals surface area contributed by atoms with Gasteiger partial charge in [0.2, 0.25) is 0 Å². The van der Waals surface area contributed by atoms with E-state index < -0.39 is 0 Å². The third-order valence-corrected chi connectivity index (χ3v) is 27.5. The van der Waals surface area contributed by atoms with Crippen molar-refractivity contribution in [3.05, 3.63) is 425 Å². The van der Waals surface area contributed by atoms with Gasteiger partial charge < -0.3 is 40.8 Å². The Hall–Kier alpha value is -16.4. The Balaban J connectivity index is 0.000000103. The third-order valence-electron chi connectivity index (χ3n) is 26.3. The first-order valence-corrected chi connectivity index (χ1v) is 44.1. The van der Waals surface area contributed by atoms with Crippen molar-refractivity contribution in [3.63, 3.8) is 0 Å². The van der Waals surface area contributed by atoms with Crippen LogP contribution in [-0.4, -0.2) is 32.0 Å². The molecule has 29 rings (SSSR count). The molecule has 19 aromatic carbocycles. The summed E-state index contributed by atoms with van der Waals surface area (Å²) >= 11 is 1.91. The van der Waals surface area contributed by atoms with E-state index in [0.717, 1.165) is 22.3 Å². The van der Waals surface area contributed by atoms with Gasteiger partial charge in [-0.25, -0.2) is 0 Å². The number of benzene rings is 19. The Bertz CT molecular complexity index is 9140. The Morgan fingerprint density at radius 2 is 0.477 bits per heavy atom. The van der Waals surface area contributed by atoms with Gasteiger partial charge in [-0.15, -0.1) is 11.3 Å².